The molecule has 1 aliphatic heterocycles. The second-order valence-corrected chi connectivity index (χ2v) is 4.29. The fraction of sp³-hybridized carbons (Fsp3) is 0.583. The SMILES string of the molecule is O=C(c1ccc[nH]1)N1CCCN(CCO)CC1. The van der Waals surface area contributed by atoms with Gasteiger partial charge < -0.3 is 15.0 Å². The molecule has 1 fully saturated rings. The Labute approximate surface area is 101 Å². The summed E-state index contributed by atoms with van der Waals surface area (Å²) < 4.78 is 0. The van der Waals surface area contributed by atoms with Crippen molar-refractivity contribution in [3.8, 4) is 0 Å². The number of aromatic amines is 1. The van der Waals surface area contributed by atoms with E-state index in [1.165, 1.54) is 0 Å². The van der Waals surface area contributed by atoms with Crippen LogP contribution in [0.4, 0.5) is 0 Å². The Hall–Kier alpha value is -1.33. The number of hydrogen-bond acceptors (Lipinski definition) is 3. The maximum atomic E-state index is 12.1. The molecule has 1 saturated heterocycles. The molecule has 1 aromatic rings. The molecule has 0 spiro atoms. The first-order chi connectivity index (χ1) is 8.31. The highest BCUT2D eigenvalue weighted by molar-refractivity contribution is 5.92. The van der Waals surface area contributed by atoms with Crippen molar-refractivity contribution in [1.29, 1.82) is 0 Å². The van der Waals surface area contributed by atoms with E-state index < -0.39 is 0 Å². The lowest BCUT2D eigenvalue weighted by molar-refractivity contribution is 0.0755. The summed E-state index contributed by atoms with van der Waals surface area (Å²) in [5.41, 5.74) is 0.653. The Kier molecular flexibility index (Phi) is 4.17. The summed E-state index contributed by atoms with van der Waals surface area (Å²) in [4.78, 5) is 19.1. The molecule has 1 aliphatic rings. The molecular formula is C12H19N3O2. The van der Waals surface area contributed by atoms with Crippen molar-refractivity contribution < 1.29 is 9.90 Å². The minimum absolute atomic E-state index is 0.0702. The number of H-pyrrole nitrogens is 1. The lowest BCUT2D eigenvalue weighted by Crippen LogP contribution is -2.36. The zero-order chi connectivity index (χ0) is 12.1. The molecule has 0 radical (unpaired) electrons. The number of amides is 1. The molecule has 0 unspecified atom stereocenters. The van der Waals surface area contributed by atoms with Crippen LogP contribution in [0.15, 0.2) is 18.3 Å². The third-order valence-corrected chi connectivity index (χ3v) is 3.12. The lowest BCUT2D eigenvalue weighted by Gasteiger charge is -2.20. The smallest absolute Gasteiger partial charge is 0.270 e. The largest absolute Gasteiger partial charge is 0.395 e. The topological polar surface area (TPSA) is 59.6 Å². The summed E-state index contributed by atoms with van der Waals surface area (Å²) in [7, 11) is 0. The minimum Gasteiger partial charge on any atom is -0.395 e. The van der Waals surface area contributed by atoms with Crippen molar-refractivity contribution >= 4 is 5.91 Å². The van der Waals surface area contributed by atoms with E-state index in [0.717, 1.165) is 32.6 Å². The number of nitrogens with one attached hydrogen (secondary N) is 1. The van der Waals surface area contributed by atoms with Crippen LogP contribution in [0.5, 0.6) is 0 Å². The van der Waals surface area contributed by atoms with E-state index in [2.05, 4.69) is 9.88 Å². The van der Waals surface area contributed by atoms with Crippen LogP contribution in [0.2, 0.25) is 0 Å². The van der Waals surface area contributed by atoms with Gasteiger partial charge in [0.1, 0.15) is 5.69 Å². The summed E-state index contributed by atoms with van der Waals surface area (Å²) in [6.45, 7) is 4.20. The molecule has 0 aliphatic carbocycles. The van der Waals surface area contributed by atoms with Gasteiger partial charge in [0.05, 0.1) is 6.61 Å². The summed E-state index contributed by atoms with van der Waals surface area (Å²) in [5.74, 6) is 0.0702. The molecule has 0 aromatic carbocycles. The summed E-state index contributed by atoms with van der Waals surface area (Å²) in [6, 6.07) is 3.64. The molecule has 2 heterocycles. The Morgan fingerprint density at radius 3 is 2.94 bits per heavy atom. The molecule has 0 saturated carbocycles. The Morgan fingerprint density at radius 1 is 1.35 bits per heavy atom. The van der Waals surface area contributed by atoms with Crippen molar-refractivity contribution in [2.24, 2.45) is 0 Å². The fourth-order valence-electron chi connectivity index (χ4n) is 2.17. The first-order valence-corrected chi connectivity index (χ1v) is 6.07. The van der Waals surface area contributed by atoms with Gasteiger partial charge in [-0.1, -0.05) is 0 Å². The molecular weight excluding hydrogens is 218 g/mol. The highest BCUT2D eigenvalue weighted by Crippen LogP contribution is 2.07. The third kappa shape index (κ3) is 3.08. The number of β-amino-alcohol motifs (C(OH)–C–C–N with tert-alkyl or cyclic N) is 1. The average molecular weight is 237 g/mol. The fourth-order valence-corrected chi connectivity index (χ4v) is 2.17. The molecule has 5 nitrogen and oxygen atoms in total. The molecule has 2 rings (SSSR count). The van der Waals surface area contributed by atoms with Gasteiger partial charge in [0.25, 0.3) is 5.91 Å². The first-order valence-electron chi connectivity index (χ1n) is 6.07. The van der Waals surface area contributed by atoms with E-state index >= 15 is 0 Å². The Morgan fingerprint density at radius 2 is 2.24 bits per heavy atom. The molecule has 0 atom stereocenters. The van der Waals surface area contributed by atoms with Crippen molar-refractivity contribution in [1.82, 2.24) is 14.8 Å². The van der Waals surface area contributed by atoms with Gasteiger partial charge in [-0.3, -0.25) is 9.69 Å². The van der Waals surface area contributed by atoms with Gasteiger partial charge in [-0.15, -0.1) is 0 Å². The van der Waals surface area contributed by atoms with Crippen LogP contribution in [-0.2, 0) is 0 Å². The number of carbonyl (C=O) groups excluding carboxylic acids is 1. The summed E-state index contributed by atoms with van der Waals surface area (Å²) in [5, 5.41) is 8.91. The van der Waals surface area contributed by atoms with E-state index in [0.29, 0.717) is 12.2 Å². The van der Waals surface area contributed by atoms with E-state index in [-0.39, 0.29) is 12.5 Å². The highest BCUT2D eigenvalue weighted by atomic mass is 16.3. The lowest BCUT2D eigenvalue weighted by atomic mass is 10.3. The molecule has 5 heteroatoms. The van der Waals surface area contributed by atoms with Gasteiger partial charge >= 0.3 is 0 Å². The van der Waals surface area contributed by atoms with E-state index in [1.54, 1.807) is 12.3 Å². The Bertz CT molecular complexity index is 351. The standard InChI is InChI=1S/C12H19N3O2/c16-10-9-14-5-2-6-15(8-7-14)12(17)11-3-1-4-13-11/h1,3-4,13,16H,2,5-10H2. The molecule has 94 valence electrons. The number of nitrogens with zero attached hydrogens (tertiary/aromatic N) is 2. The second-order valence-electron chi connectivity index (χ2n) is 4.29. The number of aromatic nitrogens is 1. The minimum atomic E-state index is 0.0702. The molecule has 1 aromatic heterocycles. The number of hydrogen-bond donors (Lipinski definition) is 2. The van der Waals surface area contributed by atoms with Crippen LogP contribution in [-0.4, -0.2) is 65.1 Å². The normalized spacial score (nSPS) is 18.1. The molecule has 0 bridgehead atoms. The van der Waals surface area contributed by atoms with Crippen LogP contribution in [0.1, 0.15) is 16.9 Å². The second kappa shape index (κ2) is 5.84. The van der Waals surface area contributed by atoms with Crippen molar-refractivity contribution in [2.45, 2.75) is 6.42 Å². The number of carbonyl (C=O) groups is 1. The summed E-state index contributed by atoms with van der Waals surface area (Å²) >= 11 is 0. The molecule has 2 N–H and O–H groups in total. The number of aliphatic hydroxyl groups is 1. The third-order valence-electron chi connectivity index (χ3n) is 3.12. The maximum absolute atomic E-state index is 12.1. The van der Waals surface area contributed by atoms with Crippen LogP contribution < -0.4 is 0 Å². The van der Waals surface area contributed by atoms with Crippen LogP contribution in [0.3, 0.4) is 0 Å². The first kappa shape index (κ1) is 12.1. The highest BCUT2D eigenvalue weighted by Gasteiger charge is 2.20. The summed E-state index contributed by atoms with van der Waals surface area (Å²) in [6.07, 6.45) is 2.73. The van der Waals surface area contributed by atoms with Crippen LogP contribution >= 0.6 is 0 Å². The van der Waals surface area contributed by atoms with Crippen LogP contribution in [0, 0.1) is 0 Å². The maximum Gasteiger partial charge on any atom is 0.270 e. The quantitative estimate of drug-likeness (QED) is 0.787. The monoisotopic (exact) mass is 237 g/mol. The predicted octanol–water partition coefficient (Wildman–Crippen LogP) is 0.155. The van der Waals surface area contributed by atoms with Gasteiger partial charge in [0, 0.05) is 32.4 Å². The molecule has 17 heavy (non-hydrogen) atoms. The van der Waals surface area contributed by atoms with Crippen molar-refractivity contribution in [3.05, 3.63) is 24.0 Å². The zero-order valence-electron chi connectivity index (χ0n) is 9.93. The zero-order valence-corrected chi connectivity index (χ0v) is 9.93. The van der Waals surface area contributed by atoms with E-state index in [4.69, 9.17) is 5.11 Å². The molecule has 1 amide bonds. The van der Waals surface area contributed by atoms with Gasteiger partial charge in [-0.05, 0) is 25.1 Å². The predicted molar refractivity (Wildman–Crippen MR) is 64.8 cm³/mol. The van der Waals surface area contributed by atoms with Gasteiger partial charge in [-0.2, -0.15) is 0 Å². The average Bonchev–Trinajstić information content (AvgIpc) is 2.76. The van der Waals surface area contributed by atoms with Gasteiger partial charge in [0.15, 0.2) is 0 Å². The number of rotatable bonds is 3. The van der Waals surface area contributed by atoms with Crippen LogP contribution in [0.25, 0.3) is 0 Å². The Balaban J connectivity index is 1.92. The van der Waals surface area contributed by atoms with Gasteiger partial charge in [-0.25, -0.2) is 0 Å². The van der Waals surface area contributed by atoms with E-state index in [1.807, 2.05) is 11.0 Å². The van der Waals surface area contributed by atoms with Crippen molar-refractivity contribution in [2.75, 3.05) is 39.3 Å². The van der Waals surface area contributed by atoms with Gasteiger partial charge in [0.2, 0.25) is 0 Å². The van der Waals surface area contributed by atoms with Crippen molar-refractivity contribution in [3.63, 3.8) is 0 Å². The number of aliphatic hydroxyl groups excluding tert-OH is 1. The van der Waals surface area contributed by atoms with E-state index in [9.17, 15) is 4.79 Å².